The Morgan fingerprint density at radius 3 is 3.06 bits per heavy atom. The lowest BCUT2D eigenvalue weighted by Crippen LogP contribution is -2.33. The van der Waals surface area contributed by atoms with Crippen molar-refractivity contribution >= 4 is 0 Å². The van der Waals surface area contributed by atoms with Crippen LogP contribution in [0, 0.1) is 0 Å². The van der Waals surface area contributed by atoms with Gasteiger partial charge >= 0.3 is 0 Å². The van der Waals surface area contributed by atoms with Crippen molar-refractivity contribution in [3.8, 4) is 0 Å². The minimum Gasteiger partial charge on any atom is -0.377 e. The van der Waals surface area contributed by atoms with Gasteiger partial charge in [-0.3, -0.25) is 0 Å². The van der Waals surface area contributed by atoms with Crippen molar-refractivity contribution in [2.75, 3.05) is 20.2 Å². The average molecular weight is 237 g/mol. The fraction of sp³-hybridized carbons (Fsp3) is 0.769. The largest absolute Gasteiger partial charge is 0.377 e. The maximum Gasteiger partial charge on any atom is 0.0949 e. The van der Waals surface area contributed by atoms with E-state index in [9.17, 15) is 0 Å². The molecular weight excluding hydrogens is 214 g/mol. The van der Waals surface area contributed by atoms with E-state index in [1.54, 1.807) is 7.11 Å². The first-order valence-electron chi connectivity index (χ1n) is 6.38. The molecule has 1 fully saturated rings. The minimum atomic E-state index is -0.141. The summed E-state index contributed by atoms with van der Waals surface area (Å²) < 4.78 is 7.73. The molecule has 4 nitrogen and oxygen atoms in total. The first kappa shape index (κ1) is 12.6. The third kappa shape index (κ3) is 3.07. The second-order valence-corrected chi connectivity index (χ2v) is 5.45. The van der Waals surface area contributed by atoms with E-state index >= 15 is 0 Å². The van der Waals surface area contributed by atoms with Crippen LogP contribution in [0.1, 0.15) is 38.3 Å². The molecule has 1 aliphatic rings. The second kappa shape index (κ2) is 5.19. The molecule has 1 atom stereocenters. The van der Waals surface area contributed by atoms with E-state index in [4.69, 9.17) is 4.74 Å². The lowest BCUT2D eigenvalue weighted by atomic mass is 9.96. The van der Waals surface area contributed by atoms with Gasteiger partial charge in [0, 0.05) is 31.5 Å². The van der Waals surface area contributed by atoms with Gasteiger partial charge in [-0.25, -0.2) is 4.98 Å². The fourth-order valence-electron chi connectivity index (χ4n) is 2.38. The van der Waals surface area contributed by atoms with Crippen LogP contribution in [0.4, 0.5) is 0 Å². The van der Waals surface area contributed by atoms with Gasteiger partial charge in [-0.15, -0.1) is 0 Å². The molecule has 0 bridgehead atoms. The number of aromatic nitrogens is 2. The van der Waals surface area contributed by atoms with E-state index in [1.165, 1.54) is 18.5 Å². The van der Waals surface area contributed by atoms with Gasteiger partial charge in [-0.05, 0) is 33.2 Å². The van der Waals surface area contributed by atoms with Crippen molar-refractivity contribution in [1.29, 1.82) is 0 Å². The normalized spacial score (nSPS) is 21.7. The van der Waals surface area contributed by atoms with Gasteiger partial charge in [0.2, 0.25) is 0 Å². The third-order valence-corrected chi connectivity index (χ3v) is 3.56. The van der Waals surface area contributed by atoms with Crippen molar-refractivity contribution in [2.24, 2.45) is 0 Å². The molecule has 0 radical (unpaired) electrons. The number of nitrogens with zero attached hydrogens (tertiary/aromatic N) is 2. The zero-order chi connectivity index (χ0) is 12.3. The van der Waals surface area contributed by atoms with Crippen molar-refractivity contribution in [3.05, 3.63) is 18.2 Å². The molecule has 1 aliphatic heterocycles. The standard InChI is InChI=1S/C13H23N3O/c1-13(2,17-3)9-16-10-15-8-12(16)11-5-4-6-14-7-11/h8,10-11,14H,4-7,9H2,1-3H3. The molecule has 1 unspecified atom stereocenters. The van der Waals surface area contributed by atoms with Crippen LogP contribution in [-0.2, 0) is 11.3 Å². The van der Waals surface area contributed by atoms with E-state index in [1.807, 2.05) is 12.5 Å². The van der Waals surface area contributed by atoms with Crippen LogP contribution in [0.15, 0.2) is 12.5 Å². The van der Waals surface area contributed by atoms with Crippen molar-refractivity contribution in [2.45, 2.75) is 44.8 Å². The number of hydrogen-bond acceptors (Lipinski definition) is 3. The highest BCUT2D eigenvalue weighted by Gasteiger charge is 2.23. The minimum absolute atomic E-state index is 0.141. The molecule has 2 heterocycles. The van der Waals surface area contributed by atoms with Crippen LogP contribution in [-0.4, -0.2) is 35.4 Å². The second-order valence-electron chi connectivity index (χ2n) is 5.45. The molecule has 0 spiro atoms. The van der Waals surface area contributed by atoms with Gasteiger partial charge in [-0.1, -0.05) is 0 Å². The highest BCUT2D eigenvalue weighted by atomic mass is 16.5. The maximum absolute atomic E-state index is 5.49. The molecule has 1 aromatic rings. The molecule has 1 N–H and O–H groups in total. The SMILES string of the molecule is COC(C)(C)Cn1cncc1C1CCCNC1. The molecule has 0 saturated carbocycles. The lowest BCUT2D eigenvalue weighted by molar-refractivity contribution is 0.00731. The van der Waals surface area contributed by atoms with Gasteiger partial charge in [0.1, 0.15) is 0 Å². The number of hydrogen-bond donors (Lipinski definition) is 1. The van der Waals surface area contributed by atoms with E-state index < -0.39 is 0 Å². The van der Waals surface area contributed by atoms with Crippen LogP contribution in [0.2, 0.25) is 0 Å². The Bertz CT molecular complexity index is 353. The van der Waals surface area contributed by atoms with Gasteiger partial charge in [0.15, 0.2) is 0 Å². The molecule has 1 aromatic heterocycles. The highest BCUT2D eigenvalue weighted by Crippen LogP contribution is 2.24. The van der Waals surface area contributed by atoms with Crippen molar-refractivity contribution in [1.82, 2.24) is 14.9 Å². The third-order valence-electron chi connectivity index (χ3n) is 3.56. The molecule has 0 aromatic carbocycles. The summed E-state index contributed by atoms with van der Waals surface area (Å²) in [5, 5.41) is 3.45. The Balaban J connectivity index is 2.10. The zero-order valence-corrected chi connectivity index (χ0v) is 11.1. The zero-order valence-electron chi connectivity index (χ0n) is 11.1. The average Bonchev–Trinajstić information content (AvgIpc) is 2.77. The molecule has 96 valence electrons. The first-order valence-corrected chi connectivity index (χ1v) is 6.38. The first-order chi connectivity index (χ1) is 8.12. The van der Waals surface area contributed by atoms with Gasteiger partial charge in [-0.2, -0.15) is 0 Å². The number of methoxy groups -OCH3 is 1. The van der Waals surface area contributed by atoms with E-state index in [2.05, 4.69) is 28.7 Å². The Morgan fingerprint density at radius 2 is 2.41 bits per heavy atom. The van der Waals surface area contributed by atoms with Gasteiger partial charge in [0.25, 0.3) is 0 Å². The molecule has 0 amide bonds. The Labute approximate surface area is 103 Å². The summed E-state index contributed by atoms with van der Waals surface area (Å²) in [4.78, 5) is 4.30. The van der Waals surface area contributed by atoms with Crippen LogP contribution in [0.5, 0.6) is 0 Å². The van der Waals surface area contributed by atoms with Gasteiger partial charge < -0.3 is 14.6 Å². The Kier molecular flexibility index (Phi) is 3.84. The summed E-state index contributed by atoms with van der Waals surface area (Å²) in [6.07, 6.45) is 6.43. The van der Waals surface area contributed by atoms with E-state index in [0.717, 1.165) is 19.6 Å². The Hall–Kier alpha value is -0.870. The van der Waals surface area contributed by atoms with Crippen LogP contribution < -0.4 is 5.32 Å². The number of nitrogens with one attached hydrogen (secondary N) is 1. The van der Waals surface area contributed by atoms with Gasteiger partial charge in [0.05, 0.1) is 18.5 Å². The number of imidazole rings is 1. The van der Waals surface area contributed by atoms with E-state index in [-0.39, 0.29) is 5.60 Å². The number of piperidine rings is 1. The van der Waals surface area contributed by atoms with Crippen LogP contribution in [0.25, 0.3) is 0 Å². The summed E-state index contributed by atoms with van der Waals surface area (Å²) in [6.45, 7) is 7.29. The summed E-state index contributed by atoms with van der Waals surface area (Å²) in [5.41, 5.74) is 1.19. The van der Waals surface area contributed by atoms with Crippen LogP contribution >= 0.6 is 0 Å². The topological polar surface area (TPSA) is 39.1 Å². The molecule has 2 rings (SSSR count). The molecular formula is C13H23N3O. The molecule has 17 heavy (non-hydrogen) atoms. The fourth-order valence-corrected chi connectivity index (χ4v) is 2.38. The van der Waals surface area contributed by atoms with E-state index in [0.29, 0.717) is 5.92 Å². The predicted molar refractivity (Wildman–Crippen MR) is 68.2 cm³/mol. The Morgan fingerprint density at radius 1 is 1.59 bits per heavy atom. The monoisotopic (exact) mass is 237 g/mol. The summed E-state index contributed by atoms with van der Waals surface area (Å²) in [5.74, 6) is 0.596. The maximum atomic E-state index is 5.49. The summed E-state index contributed by atoms with van der Waals surface area (Å²) in [7, 11) is 1.76. The smallest absolute Gasteiger partial charge is 0.0949 e. The number of ether oxygens (including phenoxy) is 1. The highest BCUT2D eigenvalue weighted by molar-refractivity contribution is 5.08. The quantitative estimate of drug-likeness (QED) is 0.867. The van der Waals surface area contributed by atoms with Crippen LogP contribution in [0.3, 0.4) is 0 Å². The molecule has 4 heteroatoms. The summed E-state index contributed by atoms with van der Waals surface area (Å²) >= 11 is 0. The number of rotatable bonds is 4. The van der Waals surface area contributed by atoms with Crippen molar-refractivity contribution < 1.29 is 4.74 Å². The predicted octanol–water partition coefficient (Wildman–Crippen LogP) is 1.78. The lowest BCUT2D eigenvalue weighted by Gasteiger charge is -2.28. The summed E-state index contributed by atoms with van der Waals surface area (Å²) in [6, 6.07) is 0. The molecule has 0 aliphatic carbocycles. The molecule has 1 saturated heterocycles. The van der Waals surface area contributed by atoms with Crippen molar-refractivity contribution in [3.63, 3.8) is 0 Å².